The fourth-order valence-electron chi connectivity index (χ4n) is 2.87. The highest BCUT2D eigenvalue weighted by Gasteiger charge is 2.23. The van der Waals surface area contributed by atoms with Crippen LogP contribution in [0.1, 0.15) is 19.8 Å². The van der Waals surface area contributed by atoms with Crippen molar-refractivity contribution in [1.82, 2.24) is 9.97 Å². The molecule has 0 aromatic carbocycles. The molecule has 2 aromatic rings. The zero-order valence-electron chi connectivity index (χ0n) is 11.8. The van der Waals surface area contributed by atoms with E-state index in [4.69, 9.17) is 5.73 Å². The Hall–Kier alpha value is -1.60. The van der Waals surface area contributed by atoms with Gasteiger partial charge in [-0.05, 0) is 28.8 Å². The van der Waals surface area contributed by atoms with Crippen LogP contribution >= 0.6 is 15.9 Å². The monoisotopic (exact) mass is 351 g/mol. The minimum atomic E-state index is -0.0998. The molecule has 0 radical (unpaired) electrons. The number of carbonyl (C=O) groups excluding carboxylic acids is 1. The van der Waals surface area contributed by atoms with Gasteiger partial charge in [-0.2, -0.15) is 0 Å². The number of amides is 1. The number of hydrogen-bond donors (Lipinski definition) is 3. The lowest BCUT2D eigenvalue weighted by atomic mass is 10.1. The van der Waals surface area contributed by atoms with Crippen LogP contribution in [0.25, 0.3) is 11.0 Å². The number of nitrogens with zero attached hydrogens (tertiary/aromatic N) is 2. The first kappa shape index (κ1) is 14.3. The number of rotatable bonds is 2. The molecule has 21 heavy (non-hydrogen) atoms. The van der Waals surface area contributed by atoms with Crippen LogP contribution in [0, 0.1) is 0 Å². The number of fused-ring (bicyclic) bond motifs is 1. The lowest BCUT2D eigenvalue weighted by Gasteiger charge is -2.33. The van der Waals surface area contributed by atoms with Crippen molar-refractivity contribution >= 4 is 44.2 Å². The third kappa shape index (κ3) is 2.75. The highest BCUT2D eigenvalue weighted by atomic mass is 79.9. The van der Waals surface area contributed by atoms with Crippen LogP contribution < -0.4 is 16.0 Å². The van der Waals surface area contributed by atoms with Gasteiger partial charge in [0.1, 0.15) is 5.65 Å². The van der Waals surface area contributed by atoms with E-state index in [-0.39, 0.29) is 11.9 Å². The van der Waals surface area contributed by atoms with Gasteiger partial charge in [-0.1, -0.05) is 0 Å². The highest BCUT2D eigenvalue weighted by molar-refractivity contribution is 9.10. The molecule has 0 bridgehead atoms. The van der Waals surface area contributed by atoms with E-state index in [2.05, 4.69) is 36.1 Å². The smallest absolute Gasteiger partial charge is 0.221 e. The van der Waals surface area contributed by atoms with E-state index in [1.54, 1.807) is 12.4 Å². The molecule has 1 unspecified atom stereocenters. The van der Waals surface area contributed by atoms with Crippen LogP contribution in [0.5, 0.6) is 0 Å². The molecule has 1 aliphatic heterocycles. The fourth-order valence-corrected chi connectivity index (χ4v) is 3.42. The molecule has 4 N–H and O–H groups in total. The third-order valence-electron chi connectivity index (χ3n) is 3.71. The van der Waals surface area contributed by atoms with Crippen LogP contribution in [-0.4, -0.2) is 35.0 Å². The normalized spacial score (nSPS) is 19.0. The number of aromatic amines is 1. The SMILES string of the molecule is CC(=O)Nc1c[nH]c2ncc(Br)c(N3CCCC(N)C3)c12. The second kappa shape index (κ2) is 5.65. The van der Waals surface area contributed by atoms with Gasteiger partial charge in [0.2, 0.25) is 5.91 Å². The molecule has 0 aliphatic carbocycles. The summed E-state index contributed by atoms with van der Waals surface area (Å²) in [6.45, 7) is 3.26. The number of nitrogens with two attached hydrogens (primary N) is 1. The van der Waals surface area contributed by atoms with E-state index in [9.17, 15) is 4.79 Å². The van der Waals surface area contributed by atoms with Gasteiger partial charge in [0, 0.05) is 38.4 Å². The van der Waals surface area contributed by atoms with Crippen molar-refractivity contribution in [1.29, 1.82) is 0 Å². The average Bonchev–Trinajstić information content (AvgIpc) is 2.81. The lowest BCUT2D eigenvalue weighted by molar-refractivity contribution is -0.114. The summed E-state index contributed by atoms with van der Waals surface area (Å²) >= 11 is 3.59. The molecule has 0 spiro atoms. The molecule has 2 aromatic heterocycles. The van der Waals surface area contributed by atoms with E-state index in [0.717, 1.165) is 52.8 Å². The first-order valence-corrected chi connectivity index (χ1v) is 7.79. The molecule has 3 rings (SSSR count). The van der Waals surface area contributed by atoms with Crippen molar-refractivity contribution in [2.45, 2.75) is 25.8 Å². The summed E-state index contributed by atoms with van der Waals surface area (Å²) in [6, 6.07) is 0.178. The summed E-state index contributed by atoms with van der Waals surface area (Å²) in [5, 5.41) is 3.78. The maximum Gasteiger partial charge on any atom is 0.221 e. The second-order valence-electron chi connectivity index (χ2n) is 5.41. The average molecular weight is 352 g/mol. The molecule has 0 saturated carbocycles. The molecule has 3 heterocycles. The lowest BCUT2D eigenvalue weighted by Crippen LogP contribution is -2.43. The number of anilines is 2. The van der Waals surface area contributed by atoms with Gasteiger partial charge in [0.05, 0.1) is 21.2 Å². The Morgan fingerprint density at radius 1 is 1.62 bits per heavy atom. The first-order chi connectivity index (χ1) is 10.1. The summed E-state index contributed by atoms with van der Waals surface area (Å²) < 4.78 is 0.912. The van der Waals surface area contributed by atoms with Crippen LogP contribution in [0.3, 0.4) is 0 Å². The summed E-state index contributed by atoms with van der Waals surface area (Å²) in [6.07, 6.45) is 5.68. The highest BCUT2D eigenvalue weighted by Crippen LogP contribution is 2.38. The van der Waals surface area contributed by atoms with Gasteiger partial charge >= 0.3 is 0 Å². The zero-order valence-corrected chi connectivity index (χ0v) is 13.4. The molecule has 6 nitrogen and oxygen atoms in total. The molecule has 112 valence electrons. The Labute approximate surface area is 131 Å². The summed E-state index contributed by atoms with van der Waals surface area (Å²) in [7, 11) is 0. The van der Waals surface area contributed by atoms with E-state index < -0.39 is 0 Å². The van der Waals surface area contributed by atoms with Gasteiger partial charge in [0.15, 0.2) is 0 Å². The van der Waals surface area contributed by atoms with Crippen LogP contribution in [0.15, 0.2) is 16.9 Å². The van der Waals surface area contributed by atoms with Crippen molar-refractivity contribution in [3.63, 3.8) is 0 Å². The Morgan fingerprint density at radius 3 is 3.14 bits per heavy atom. The Bertz CT molecular complexity index is 683. The standard InChI is InChI=1S/C14H18BrN5O/c1-8(21)19-11-6-18-14-12(11)13(10(15)5-17-14)20-4-2-3-9(16)7-20/h5-6,9H,2-4,7,16H2,1H3,(H,17,18)(H,19,21). The Balaban J connectivity index is 2.12. The van der Waals surface area contributed by atoms with Gasteiger partial charge in [-0.25, -0.2) is 4.98 Å². The van der Waals surface area contributed by atoms with Crippen molar-refractivity contribution in [3.8, 4) is 0 Å². The summed E-state index contributed by atoms with van der Waals surface area (Å²) in [4.78, 5) is 21.1. The van der Waals surface area contributed by atoms with E-state index in [0.29, 0.717) is 0 Å². The number of nitrogens with one attached hydrogen (secondary N) is 2. The van der Waals surface area contributed by atoms with Crippen LogP contribution in [0.4, 0.5) is 11.4 Å². The van der Waals surface area contributed by atoms with E-state index in [1.807, 2.05) is 0 Å². The van der Waals surface area contributed by atoms with E-state index >= 15 is 0 Å². The number of piperidine rings is 1. The predicted molar refractivity (Wildman–Crippen MR) is 87.5 cm³/mol. The van der Waals surface area contributed by atoms with Gasteiger partial charge in [-0.3, -0.25) is 4.79 Å². The number of carbonyl (C=O) groups is 1. The van der Waals surface area contributed by atoms with Crippen molar-refractivity contribution in [3.05, 3.63) is 16.9 Å². The molecule has 1 amide bonds. The second-order valence-corrected chi connectivity index (χ2v) is 6.26. The minimum absolute atomic E-state index is 0.0998. The predicted octanol–water partition coefficient (Wildman–Crippen LogP) is 2.21. The zero-order chi connectivity index (χ0) is 15.0. The topological polar surface area (TPSA) is 87.0 Å². The Kier molecular flexibility index (Phi) is 3.86. The summed E-state index contributed by atoms with van der Waals surface area (Å²) in [5.74, 6) is -0.0998. The quantitative estimate of drug-likeness (QED) is 0.773. The van der Waals surface area contributed by atoms with Crippen molar-refractivity contribution in [2.75, 3.05) is 23.3 Å². The number of hydrogen-bond acceptors (Lipinski definition) is 4. The van der Waals surface area contributed by atoms with Gasteiger partial charge in [0.25, 0.3) is 0 Å². The van der Waals surface area contributed by atoms with Crippen LogP contribution in [0.2, 0.25) is 0 Å². The maximum atomic E-state index is 11.4. The summed E-state index contributed by atoms with van der Waals surface area (Å²) in [5.41, 5.74) is 8.65. The molecular weight excluding hydrogens is 334 g/mol. The number of halogens is 1. The number of H-pyrrole nitrogens is 1. The minimum Gasteiger partial charge on any atom is -0.368 e. The molecule has 7 heteroatoms. The molecule has 1 atom stereocenters. The number of aromatic nitrogens is 2. The number of pyridine rings is 1. The molecule has 1 aliphatic rings. The van der Waals surface area contributed by atoms with Crippen LogP contribution in [-0.2, 0) is 4.79 Å². The molecule has 1 fully saturated rings. The largest absolute Gasteiger partial charge is 0.368 e. The Morgan fingerprint density at radius 2 is 2.43 bits per heavy atom. The third-order valence-corrected chi connectivity index (χ3v) is 4.29. The van der Waals surface area contributed by atoms with Crippen molar-refractivity contribution in [2.24, 2.45) is 5.73 Å². The maximum absolute atomic E-state index is 11.4. The van der Waals surface area contributed by atoms with Gasteiger partial charge in [-0.15, -0.1) is 0 Å². The van der Waals surface area contributed by atoms with Gasteiger partial charge < -0.3 is 20.9 Å². The van der Waals surface area contributed by atoms with E-state index in [1.165, 1.54) is 6.92 Å². The first-order valence-electron chi connectivity index (χ1n) is 7.00. The fraction of sp³-hybridized carbons (Fsp3) is 0.429. The van der Waals surface area contributed by atoms with Crippen molar-refractivity contribution < 1.29 is 4.79 Å². The molecular formula is C14H18BrN5O. The molecule has 1 saturated heterocycles.